The van der Waals surface area contributed by atoms with E-state index < -0.39 is 0 Å². The largest absolute Gasteiger partial charge is 0.316 e. The molecule has 0 unspecified atom stereocenters. The van der Waals surface area contributed by atoms with E-state index >= 15 is 0 Å². The van der Waals surface area contributed by atoms with E-state index in [2.05, 4.69) is 45.4 Å². The molecular formula is C10H16INS. The van der Waals surface area contributed by atoms with Crippen LogP contribution in [0.2, 0.25) is 0 Å². The molecular weight excluding hydrogens is 293 g/mol. The van der Waals surface area contributed by atoms with E-state index in [0.29, 0.717) is 0 Å². The number of rotatable bonds is 7. The first-order chi connectivity index (χ1) is 6.43. The Morgan fingerprint density at radius 2 is 2.23 bits per heavy atom. The molecule has 0 aliphatic rings. The Labute approximate surface area is 98.1 Å². The van der Waals surface area contributed by atoms with Gasteiger partial charge in [0.15, 0.2) is 0 Å². The number of hydrogen-bond acceptors (Lipinski definition) is 2. The van der Waals surface area contributed by atoms with Gasteiger partial charge in [-0.15, -0.1) is 11.3 Å². The zero-order chi connectivity index (χ0) is 9.36. The molecule has 0 aromatic carbocycles. The highest BCUT2D eigenvalue weighted by atomic mass is 127. The van der Waals surface area contributed by atoms with E-state index in [1.807, 2.05) is 11.3 Å². The van der Waals surface area contributed by atoms with Gasteiger partial charge >= 0.3 is 0 Å². The summed E-state index contributed by atoms with van der Waals surface area (Å²) in [5, 5.41) is 5.61. The molecule has 0 radical (unpaired) electrons. The lowest BCUT2D eigenvalue weighted by Crippen LogP contribution is -2.18. The molecule has 1 aromatic heterocycles. The Bertz CT molecular complexity index is 199. The standard InChI is InChI=1S/C10H16INS/c11-6-1-2-7-12-8-5-10-4-3-9-13-10/h3-4,9,12H,1-2,5-8H2. The van der Waals surface area contributed by atoms with Crippen molar-refractivity contribution in [1.29, 1.82) is 0 Å². The summed E-state index contributed by atoms with van der Waals surface area (Å²) in [6, 6.07) is 4.33. The summed E-state index contributed by atoms with van der Waals surface area (Å²) in [4.78, 5) is 1.49. The monoisotopic (exact) mass is 309 g/mol. The number of thiophene rings is 1. The van der Waals surface area contributed by atoms with Gasteiger partial charge in [0, 0.05) is 4.88 Å². The van der Waals surface area contributed by atoms with Crippen LogP contribution in [0.15, 0.2) is 17.5 Å². The molecule has 3 heteroatoms. The van der Waals surface area contributed by atoms with Crippen molar-refractivity contribution in [3.8, 4) is 0 Å². The number of halogens is 1. The van der Waals surface area contributed by atoms with Crippen molar-refractivity contribution >= 4 is 33.9 Å². The highest BCUT2D eigenvalue weighted by Gasteiger charge is 1.92. The third-order valence-electron chi connectivity index (χ3n) is 1.87. The number of unbranched alkanes of at least 4 members (excludes halogenated alkanes) is 1. The maximum Gasteiger partial charge on any atom is 0.00578 e. The summed E-state index contributed by atoms with van der Waals surface area (Å²) in [6.07, 6.45) is 3.84. The molecule has 0 aliphatic carbocycles. The first-order valence-corrected chi connectivity index (χ1v) is 7.13. The van der Waals surface area contributed by atoms with E-state index in [-0.39, 0.29) is 0 Å². The number of hydrogen-bond donors (Lipinski definition) is 1. The van der Waals surface area contributed by atoms with Crippen molar-refractivity contribution in [2.75, 3.05) is 17.5 Å². The number of nitrogens with one attached hydrogen (secondary N) is 1. The van der Waals surface area contributed by atoms with Crippen molar-refractivity contribution in [2.45, 2.75) is 19.3 Å². The van der Waals surface area contributed by atoms with E-state index in [1.165, 1.54) is 35.1 Å². The second-order valence-electron chi connectivity index (χ2n) is 2.98. The van der Waals surface area contributed by atoms with E-state index in [4.69, 9.17) is 0 Å². The molecule has 13 heavy (non-hydrogen) atoms. The molecule has 74 valence electrons. The Balaban J connectivity index is 1.90. The molecule has 0 saturated carbocycles. The SMILES string of the molecule is ICCCCNCCc1cccs1. The van der Waals surface area contributed by atoms with Crippen LogP contribution in [-0.4, -0.2) is 17.5 Å². The Hall–Kier alpha value is 0.390. The summed E-state index contributed by atoms with van der Waals surface area (Å²) in [7, 11) is 0. The molecule has 1 nitrogen and oxygen atoms in total. The molecule has 1 N–H and O–H groups in total. The minimum Gasteiger partial charge on any atom is -0.316 e. The molecule has 0 bridgehead atoms. The van der Waals surface area contributed by atoms with Crippen molar-refractivity contribution < 1.29 is 0 Å². The van der Waals surface area contributed by atoms with Crippen LogP contribution in [0, 0.1) is 0 Å². The molecule has 0 aliphatic heterocycles. The smallest absolute Gasteiger partial charge is 0.00578 e. The van der Waals surface area contributed by atoms with Gasteiger partial charge in [-0.05, 0) is 48.2 Å². The summed E-state index contributed by atoms with van der Waals surface area (Å²) >= 11 is 4.28. The quantitative estimate of drug-likeness (QED) is 0.464. The van der Waals surface area contributed by atoms with Gasteiger partial charge in [0.1, 0.15) is 0 Å². The van der Waals surface area contributed by atoms with E-state index in [0.717, 1.165) is 6.54 Å². The first kappa shape index (κ1) is 11.5. The van der Waals surface area contributed by atoms with Crippen molar-refractivity contribution in [3.05, 3.63) is 22.4 Å². The summed E-state index contributed by atoms with van der Waals surface area (Å²) in [5.74, 6) is 0. The second kappa shape index (κ2) is 7.76. The molecule has 0 amide bonds. The van der Waals surface area contributed by atoms with Gasteiger partial charge in [0.25, 0.3) is 0 Å². The van der Waals surface area contributed by atoms with Gasteiger partial charge in [-0.25, -0.2) is 0 Å². The average Bonchev–Trinajstić information content (AvgIpc) is 2.63. The van der Waals surface area contributed by atoms with Crippen LogP contribution in [0.1, 0.15) is 17.7 Å². The minimum absolute atomic E-state index is 1.13. The molecule has 0 spiro atoms. The van der Waals surface area contributed by atoms with Crippen LogP contribution in [0.3, 0.4) is 0 Å². The van der Waals surface area contributed by atoms with E-state index in [1.54, 1.807) is 0 Å². The van der Waals surface area contributed by atoms with E-state index in [9.17, 15) is 0 Å². The zero-order valence-electron chi connectivity index (χ0n) is 7.76. The molecule has 0 fully saturated rings. The summed E-state index contributed by atoms with van der Waals surface area (Å²) in [5.41, 5.74) is 0. The first-order valence-electron chi connectivity index (χ1n) is 4.72. The van der Waals surface area contributed by atoms with Crippen LogP contribution >= 0.6 is 33.9 Å². The topological polar surface area (TPSA) is 12.0 Å². The molecule has 1 aromatic rings. The fourth-order valence-electron chi connectivity index (χ4n) is 1.14. The van der Waals surface area contributed by atoms with Crippen LogP contribution in [-0.2, 0) is 6.42 Å². The predicted octanol–water partition coefficient (Wildman–Crippen LogP) is 3.10. The Morgan fingerprint density at radius 3 is 2.92 bits per heavy atom. The number of alkyl halides is 1. The maximum atomic E-state index is 3.46. The highest BCUT2D eigenvalue weighted by molar-refractivity contribution is 14.1. The van der Waals surface area contributed by atoms with Crippen molar-refractivity contribution in [2.24, 2.45) is 0 Å². The summed E-state index contributed by atoms with van der Waals surface area (Å²) in [6.45, 7) is 2.30. The minimum atomic E-state index is 1.13. The van der Waals surface area contributed by atoms with Gasteiger partial charge in [0.05, 0.1) is 0 Å². The third-order valence-corrected chi connectivity index (χ3v) is 3.56. The third kappa shape index (κ3) is 5.65. The lowest BCUT2D eigenvalue weighted by atomic mass is 10.3. The fourth-order valence-corrected chi connectivity index (χ4v) is 2.38. The average molecular weight is 309 g/mol. The summed E-state index contributed by atoms with van der Waals surface area (Å²) < 4.78 is 1.28. The maximum absolute atomic E-state index is 3.46. The van der Waals surface area contributed by atoms with Crippen LogP contribution in [0.5, 0.6) is 0 Å². The Morgan fingerprint density at radius 1 is 1.31 bits per heavy atom. The van der Waals surface area contributed by atoms with Crippen LogP contribution < -0.4 is 5.32 Å². The second-order valence-corrected chi connectivity index (χ2v) is 5.09. The van der Waals surface area contributed by atoms with Crippen LogP contribution in [0.4, 0.5) is 0 Å². The lowest BCUT2D eigenvalue weighted by Gasteiger charge is -2.01. The normalized spacial score (nSPS) is 10.5. The van der Waals surface area contributed by atoms with Crippen molar-refractivity contribution in [1.82, 2.24) is 5.32 Å². The molecule has 1 heterocycles. The van der Waals surface area contributed by atoms with Gasteiger partial charge in [-0.1, -0.05) is 28.7 Å². The molecule has 1 rings (SSSR count). The van der Waals surface area contributed by atoms with Gasteiger partial charge in [-0.3, -0.25) is 0 Å². The molecule has 0 atom stereocenters. The fraction of sp³-hybridized carbons (Fsp3) is 0.600. The van der Waals surface area contributed by atoms with Crippen molar-refractivity contribution in [3.63, 3.8) is 0 Å². The van der Waals surface area contributed by atoms with Crippen LogP contribution in [0.25, 0.3) is 0 Å². The lowest BCUT2D eigenvalue weighted by molar-refractivity contribution is 0.646. The van der Waals surface area contributed by atoms with Gasteiger partial charge in [0.2, 0.25) is 0 Å². The Kier molecular flexibility index (Phi) is 6.85. The van der Waals surface area contributed by atoms with Gasteiger partial charge in [-0.2, -0.15) is 0 Å². The predicted molar refractivity (Wildman–Crippen MR) is 69.0 cm³/mol. The zero-order valence-corrected chi connectivity index (χ0v) is 10.7. The highest BCUT2D eigenvalue weighted by Crippen LogP contribution is 2.07. The van der Waals surface area contributed by atoms with Gasteiger partial charge < -0.3 is 5.32 Å². The molecule has 0 saturated heterocycles.